The second-order valence-electron chi connectivity index (χ2n) is 8.03. The van der Waals surface area contributed by atoms with Gasteiger partial charge in [-0.1, -0.05) is 18.0 Å². The average Bonchev–Trinajstić information content (AvgIpc) is 3.24. The number of hydrogen-bond donors (Lipinski definition) is 0. The molecule has 0 aromatic carbocycles. The molecule has 2 saturated carbocycles. The summed E-state index contributed by atoms with van der Waals surface area (Å²) in [6.45, 7) is 2.17. The molecule has 0 N–H and O–H groups in total. The van der Waals surface area contributed by atoms with Gasteiger partial charge in [0.25, 0.3) is 0 Å². The standard InChI is InChI=1S/C19H23ClF3N3O/c20-16-10-15(19(21,22)23)11-24-18(16)26-5-3-25(4-6-26)17(27)9-14-8-12-1-2-13(14)7-12/h10-14H,1-9H2. The van der Waals surface area contributed by atoms with E-state index in [1.807, 2.05) is 9.80 Å². The van der Waals surface area contributed by atoms with Gasteiger partial charge in [-0.25, -0.2) is 4.98 Å². The van der Waals surface area contributed by atoms with Gasteiger partial charge in [0, 0.05) is 38.8 Å². The molecular weight excluding hydrogens is 379 g/mol. The van der Waals surface area contributed by atoms with Gasteiger partial charge in [0.2, 0.25) is 5.91 Å². The minimum Gasteiger partial charge on any atom is -0.352 e. The maximum Gasteiger partial charge on any atom is 0.417 e. The molecule has 1 aromatic heterocycles. The van der Waals surface area contributed by atoms with Crippen LogP contribution in [0.1, 0.15) is 37.7 Å². The van der Waals surface area contributed by atoms with E-state index in [0.717, 1.165) is 24.1 Å². The molecule has 3 unspecified atom stereocenters. The fourth-order valence-corrected chi connectivity index (χ4v) is 5.25. The zero-order valence-corrected chi connectivity index (χ0v) is 15.8. The van der Waals surface area contributed by atoms with Gasteiger partial charge < -0.3 is 9.80 Å². The zero-order chi connectivity index (χ0) is 19.2. The molecule has 4 rings (SSSR count). The van der Waals surface area contributed by atoms with E-state index in [1.165, 1.54) is 25.7 Å². The molecule has 1 aliphatic heterocycles. The molecular formula is C19H23ClF3N3O. The van der Waals surface area contributed by atoms with Crippen molar-refractivity contribution in [3.63, 3.8) is 0 Å². The molecule has 1 saturated heterocycles. The van der Waals surface area contributed by atoms with Crippen LogP contribution in [0.5, 0.6) is 0 Å². The Bertz CT molecular complexity index is 719. The van der Waals surface area contributed by atoms with Crippen LogP contribution in [0.4, 0.5) is 19.0 Å². The first-order valence-electron chi connectivity index (χ1n) is 9.56. The van der Waals surface area contributed by atoms with Crippen molar-refractivity contribution >= 4 is 23.3 Å². The lowest BCUT2D eigenvalue weighted by Crippen LogP contribution is -2.49. The molecule has 8 heteroatoms. The van der Waals surface area contributed by atoms with E-state index >= 15 is 0 Å². The molecule has 2 bridgehead atoms. The minimum atomic E-state index is -4.46. The van der Waals surface area contributed by atoms with E-state index < -0.39 is 11.7 Å². The van der Waals surface area contributed by atoms with Crippen molar-refractivity contribution in [1.29, 1.82) is 0 Å². The summed E-state index contributed by atoms with van der Waals surface area (Å²) in [5.74, 6) is 2.66. The Morgan fingerprint density at radius 1 is 1.19 bits per heavy atom. The first kappa shape index (κ1) is 18.8. The summed E-state index contributed by atoms with van der Waals surface area (Å²) in [4.78, 5) is 20.3. The summed E-state index contributed by atoms with van der Waals surface area (Å²) in [6, 6.07) is 0.913. The Hall–Kier alpha value is -1.50. The van der Waals surface area contributed by atoms with Crippen LogP contribution in [-0.2, 0) is 11.0 Å². The number of piperazine rings is 1. The highest BCUT2D eigenvalue weighted by molar-refractivity contribution is 6.33. The highest BCUT2D eigenvalue weighted by atomic mass is 35.5. The van der Waals surface area contributed by atoms with Crippen molar-refractivity contribution in [3.05, 3.63) is 22.8 Å². The third-order valence-electron chi connectivity index (χ3n) is 6.40. The SMILES string of the molecule is O=C(CC1CC2CCC1C2)N1CCN(c2ncc(C(F)(F)F)cc2Cl)CC1. The van der Waals surface area contributed by atoms with Crippen LogP contribution in [-0.4, -0.2) is 42.0 Å². The monoisotopic (exact) mass is 401 g/mol. The van der Waals surface area contributed by atoms with Crippen molar-refractivity contribution in [2.45, 2.75) is 38.3 Å². The summed E-state index contributed by atoms with van der Waals surface area (Å²) in [7, 11) is 0. The van der Waals surface area contributed by atoms with Crippen LogP contribution < -0.4 is 4.90 Å². The van der Waals surface area contributed by atoms with E-state index in [9.17, 15) is 18.0 Å². The lowest BCUT2D eigenvalue weighted by Gasteiger charge is -2.36. The van der Waals surface area contributed by atoms with Gasteiger partial charge in [0.15, 0.2) is 0 Å². The number of carbonyl (C=O) groups excluding carboxylic acids is 1. The topological polar surface area (TPSA) is 36.4 Å². The number of hydrogen-bond acceptors (Lipinski definition) is 3. The highest BCUT2D eigenvalue weighted by Gasteiger charge is 2.41. The summed E-state index contributed by atoms with van der Waals surface area (Å²) in [5, 5.41) is -0.00779. The van der Waals surface area contributed by atoms with Crippen molar-refractivity contribution < 1.29 is 18.0 Å². The van der Waals surface area contributed by atoms with Gasteiger partial charge in [0.1, 0.15) is 5.82 Å². The Kier molecular flexibility index (Phi) is 4.99. The summed E-state index contributed by atoms with van der Waals surface area (Å²) in [5.41, 5.74) is -0.851. The maximum atomic E-state index is 12.7. The van der Waals surface area contributed by atoms with Crippen LogP contribution in [0, 0.1) is 17.8 Å². The molecule has 0 spiro atoms. The molecule has 3 aliphatic rings. The second kappa shape index (κ2) is 7.15. The Balaban J connectivity index is 1.33. The van der Waals surface area contributed by atoms with Gasteiger partial charge in [0.05, 0.1) is 10.6 Å². The van der Waals surface area contributed by atoms with Crippen molar-refractivity contribution in [2.24, 2.45) is 17.8 Å². The number of carbonyl (C=O) groups is 1. The van der Waals surface area contributed by atoms with Gasteiger partial charge in [-0.05, 0) is 43.1 Å². The molecule has 4 nitrogen and oxygen atoms in total. The van der Waals surface area contributed by atoms with Crippen molar-refractivity contribution in [1.82, 2.24) is 9.88 Å². The fraction of sp³-hybridized carbons (Fsp3) is 0.684. The van der Waals surface area contributed by atoms with E-state index in [2.05, 4.69) is 4.98 Å². The number of rotatable bonds is 3. The number of halogens is 4. The summed E-state index contributed by atoms with van der Waals surface area (Å²) in [6.07, 6.45) is 2.09. The molecule has 3 atom stereocenters. The number of amides is 1. The average molecular weight is 402 g/mol. The normalized spacial score (nSPS) is 28.1. The number of fused-ring (bicyclic) bond motifs is 2. The van der Waals surface area contributed by atoms with Crippen LogP contribution >= 0.6 is 11.6 Å². The van der Waals surface area contributed by atoms with Crippen LogP contribution in [0.3, 0.4) is 0 Å². The largest absolute Gasteiger partial charge is 0.417 e. The maximum absolute atomic E-state index is 12.7. The van der Waals surface area contributed by atoms with Gasteiger partial charge >= 0.3 is 6.18 Å². The van der Waals surface area contributed by atoms with E-state index in [-0.39, 0.29) is 10.9 Å². The Labute approximate surface area is 161 Å². The van der Waals surface area contributed by atoms with Gasteiger partial charge in [-0.3, -0.25) is 4.79 Å². The predicted molar refractivity (Wildman–Crippen MR) is 96.6 cm³/mol. The van der Waals surface area contributed by atoms with Crippen LogP contribution in [0.15, 0.2) is 12.3 Å². The molecule has 0 radical (unpaired) electrons. The van der Waals surface area contributed by atoms with E-state index in [1.54, 1.807) is 0 Å². The number of pyridine rings is 1. The van der Waals surface area contributed by atoms with Gasteiger partial charge in [-0.2, -0.15) is 13.2 Å². The number of alkyl halides is 3. The number of aromatic nitrogens is 1. The third-order valence-corrected chi connectivity index (χ3v) is 6.68. The minimum absolute atomic E-state index is 0.00779. The summed E-state index contributed by atoms with van der Waals surface area (Å²) >= 11 is 6.03. The highest BCUT2D eigenvalue weighted by Crippen LogP contribution is 2.49. The molecule has 2 aliphatic carbocycles. The van der Waals surface area contributed by atoms with Crippen molar-refractivity contribution in [2.75, 3.05) is 31.1 Å². The van der Waals surface area contributed by atoms with Gasteiger partial charge in [-0.15, -0.1) is 0 Å². The summed E-state index contributed by atoms with van der Waals surface area (Å²) < 4.78 is 38.2. The number of nitrogens with zero attached hydrogens (tertiary/aromatic N) is 3. The molecule has 1 amide bonds. The first-order chi connectivity index (χ1) is 12.8. The third kappa shape index (κ3) is 3.89. The fourth-order valence-electron chi connectivity index (χ4n) is 4.97. The molecule has 2 heterocycles. The van der Waals surface area contributed by atoms with Crippen molar-refractivity contribution in [3.8, 4) is 0 Å². The lowest BCUT2D eigenvalue weighted by molar-refractivity contribution is -0.138. The predicted octanol–water partition coefficient (Wildman–Crippen LogP) is 4.23. The Morgan fingerprint density at radius 3 is 2.48 bits per heavy atom. The zero-order valence-electron chi connectivity index (χ0n) is 15.0. The number of anilines is 1. The van der Waals surface area contributed by atoms with Crippen LogP contribution in [0.2, 0.25) is 5.02 Å². The van der Waals surface area contributed by atoms with E-state index in [0.29, 0.717) is 44.3 Å². The molecule has 27 heavy (non-hydrogen) atoms. The van der Waals surface area contributed by atoms with Crippen LogP contribution in [0.25, 0.3) is 0 Å². The molecule has 3 fully saturated rings. The molecule has 148 valence electrons. The second-order valence-corrected chi connectivity index (χ2v) is 8.44. The first-order valence-corrected chi connectivity index (χ1v) is 9.94. The van der Waals surface area contributed by atoms with E-state index in [4.69, 9.17) is 11.6 Å². The lowest BCUT2D eigenvalue weighted by atomic mass is 9.86. The smallest absolute Gasteiger partial charge is 0.352 e. The molecule has 1 aromatic rings. The Morgan fingerprint density at radius 2 is 1.93 bits per heavy atom. The quantitative estimate of drug-likeness (QED) is 0.760.